The lowest BCUT2D eigenvalue weighted by Crippen LogP contribution is -2.55. The van der Waals surface area contributed by atoms with Crippen molar-refractivity contribution in [1.29, 1.82) is 5.26 Å². The maximum atomic E-state index is 13.3. The summed E-state index contributed by atoms with van der Waals surface area (Å²) in [4.78, 5) is 11.5. The average molecular weight is 518 g/mol. The van der Waals surface area contributed by atoms with Gasteiger partial charge in [-0.25, -0.2) is 17.9 Å². The fourth-order valence-electron chi connectivity index (χ4n) is 4.16. The number of carbonyl (C=O) groups is 1. The van der Waals surface area contributed by atoms with Gasteiger partial charge in [0, 0.05) is 6.42 Å². The molecule has 1 amide bonds. The molecule has 0 fully saturated rings. The fourth-order valence-corrected chi connectivity index (χ4v) is 5.41. The summed E-state index contributed by atoms with van der Waals surface area (Å²) in [5.74, 6) is 0.498. The highest BCUT2D eigenvalue weighted by Crippen LogP contribution is 2.31. The number of carboxylic acid groups (broad SMARTS) is 1. The molecule has 0 aliphatic heterocycles. The molecule has 0 heterocycles. The van der Waals surface area contributed by atoms with E-state index in [0.29, 0.717) is 25.0 Å². The van der Waals surface area contributed by atoms with E-state index in [4.69, 9.17) is 10.00 Å². The molecule has 0 aromatic heterocycles. The Labute approximate surface area is 213 Å². The Morgan fingerprint density at radius 3 is 2.31 bits per heavy atom. The van der Waals surface area contributed by atoms with Crippen LogP contribution >= 0.6 is 0 Å². The van der Waals surface area contributed by atoms with Gasteiger partial charge in [-0.3, -0.25) is 0 Å². The van der Waals surface area contributed by atoms with E-state index in [1.807, 2.05) is 44.2 Å². The molecule has 0 aliphatic rings. The van der Waals surface area contributed by atoms with Crippen molar-refractivity contribution < 1.29 is 28.2 Å². The summed E-state index contributed by atoms with van der Waals surface area (Å²) in [5.41, 5.74) is 0.353. The number of nitrogens with one attached hydrogen (secondary N) is 2. The van der Waals surface area contributed by atoms with Crippen LogP contribution in [0.3, 0.4) is 0 Å². The smallest absolute Gasteiger partial charge is 0.404 e. The van der Waals surface area contributed by atoms with Crippen LogP contribution < -0.4 is 14.8 Å². The molecule has 1 unspecified atom stereocenters. The number of benzene rings is 2. The molecule has 2 aromatic carbocycles. The number of nitrogens with zero attached hydrogens (tertiary/aromatic N) is 1. The van der Waals surface area contributed by atoms with E-state index in [1.54, 1.807) is 0 Å². The number of methoxy groups -OCH3 is 1. The number of amides is 1. The minimum absolute atomic E-state index is 0.00594. The molecule has 3 atom stereocenters. The van der Waals surface area contributed by atoms with Crippen LogP contribution in [0.25, 0.3) is 0 Å². The van der Waals surface area contributed by atoms with Gasteiger partial charge in [-0.15, -0.1) is 0 Å². The predicted molar refractivity (Wildman–Crippen MR) is 136 cm³/mol. The highest BCUT2D eigenvalue weighted by atomic mass is 32.2. The van der Waals surface area contributed by atoms with Crippen molar-refractivity contribution in [2.75, 3.05) is 7.11 Å². The fraction of sp³-hybridized carbons (Fsp3) is 0.462. The first-order chi connectivity index (χ1) is 17.0. The first-order valence-electron chi connectivity index (χ1n) is 11.7. The van der Waals surface area contributed by atoms with E-state index >= 15 is 0 Å². The number of ether oxygens (including phenoxy) is 1. The predicted octanol–water partition coefficient (Wildman–Crippen LogP) is 3.69. The zero-order valence-electron chi connectivity index (χ0n) is 20.8. The van der Waals surface area contributed by atoms with Crippen molar-refractivity contribution in [3.63, 3.8) is 0 Å². The van der Waals surface area contributed by atoms with Crippen LogP contribution in [0.4, 0.5) is 4.79 Å². The maximum absolute atomic E-state index is 13.3. The van der Waals surface area contributed by atoms with Gasteiger partial charge in [-0.1, -0.05) is 44.2 Å². The molecule has 0 saturated carbocycles. The number of sulfonamides is 1. The number of hydrogen-bond acceptors (Lipinski definition) is 6. The highest BCUT2D eigenvalue weighted by Gasteiger charge is 2.36. The highest BCUT2D eigenvalue weighted by molar-refractivity contribution is 7.89. The third-order valence-electron chi connectivity index (χ3n) is 6.02. The first kappa shape index (κ1) is 29.1. The number of hydrogen-bond donors (Lipinski definition) is 4. The van der Waals surface area contributed by atoms with Crippen LogP contribution in [-0.2, 0) is 16.4 Å². The van der Waals surface area contributed by atoms with E-state index in [9.17, 15) is 23.4 Å². The summed E-state index contributed by atoms with van der Waals surface area (Å²) in [7, 11) is -2.58. The second-order valence-corrected chi connectivity index (χ2v) is 11.2. The molecule has 2 aromatic rings. The summed E-state index contributed by atoms with van der Waals surface area (Å²) >= 11 is 0. The van der Waals surface area contributed by atoms with Gasteiger partial charge in [0.2, 0.25) is 10.0 Å². The Morgan fingerprint density at radius 2 is 1.75 bits per heavy atom. The molecular formula is C26H35N3O6S. The second-order valence-electron chi connectivity index (χ2n) is 9.52. The van der Waals surface area contributed by atoms with Crippen molar-refractivity contribution >= 4 is 16.1 Å². The van der Waals surface area contributed by atoms with Gasteiger partial charge < -0.3 is 20.3 Å². The van der Waals surface area contributed by atoms with Crippen LogP contribution in [0.2, 0.25) is 0 Å². The van der Waals surface area contributed by atoms with E-state index < -0.39 is 39.7 Å². The zero-order valence-corrected chi connectivity index (χ0v) is 21.7. The Morgan fingerprint density at radius 1 is 1.11 bits per heavy atom. The minimum Gasteiger partial charge on any atom is -0.497 e. The van der Waals surface area contributed by atoms with E-state index in [-0.39, 0.29) is 17.7 Å². The van der Waals surface area contributed by atoms with Gasteiger partial charge in [-0.2, -0.15) is 5.26 Å². The third-order valence-corrected chi connectivity index (χ3v) is 7.53. The van der Waals surface area contributed by atoms with Crippen molar-refractivity contribution in [1.82, 2.24) is 10.0 Å². The Balaban J connectivity index is 2.38. The number of rotatable bonds is 14. The minimum atomic E-state index is -4.05. The van der Waals surface area contributed by atoms with Gasteiger partial charge in [0.25, 0.3) is 0 Å². The van der Waals surface area contributed by atoms with Crippen molar-refractivity contribution in [2.24, 2.45) is 5.41 Å². The largest absolute Gasteiger partial charge is 0.497 e. The van der Waals surface area contributed by atoms with E-state index in [0.717, 1.165) is 5.56 Å². The standard InChI is InChI=1S/C26H35N3O6S/c1-26(2,15-7-8-16-27)18-23(29-36(33,34)21-13-11-20(35-3)12-14-21)24(30)22(28-25(31)32)17-19-9-5-4-6-10-19/h4-6,9-14,22-24,28-30H,7-8,15,17-18H2,1-3H3,(H,31,32)/t22-,23?,24+/m0/s1. The monoisotopic (exact) mass is 517 g/mol. The lowest BCUT2D eigenvalue weighted by molar-refractivity contribution is 0.0720. The molecule has 0 bridgehead atoms. The SMILES string of the molecule is COc1ccc(S(=O)(=O)NC(CC(C)(C)CCCC#N)[C@H](O)[C@H](Cc2ccccc2)NC(=O)O)cc1. The molecule has 2 rings (SSSR count). The summed E-state index contributed by atoms with van der Waals surface area (Å²) < 4.78 is 34.2. The Bertz CT molecular complexity index is 1110. The van der Waals surface area contributed by atoms with Crippen LogP contribution in [0, 0.1) is 16.7 Å². The normalized spacial score (nSPS) is 14.3. The summed E-state index contributed by atoms with van der Waals surface area (Å²) in [6.07, 6.45) is -0.677. The number of unbranched alkanes of at least 4 members (excludes halogenated alkanes) is 1. The quantitative estimate of drug-likeness (QED) is 0.279. The second kappa shape index (κ2) is 13.3. The number of nitriles is 1. The number of aliphatic hydroxyl groups excluding tert-OH is 1. The zero-order chi connectivity index (χ0) is 26.8. The van der Waals surface area contributed by atoms with E-state index in [2.05, 4.69) is 16.1 Å². The summed E-state index contributed by atoms with van der Waals surface area (Å²) in [6, 6.07) is 15.0. The third kappa shape index (κ3) is 9.15. The molecule has 196 valence electrons. The molecule has 0 spiro atoms. The van der Waals surface area contributed by atoms with Gasteiger partial charge in [0.15, 0.2) is 0 Å². The van der Waals surface area contributed by atoms with Crippen LogP contribution in [0.5, 0.6) is 5.75 Å². The average Bonchev–Trinajstić information content (AvgIpc) is 2.83. The van der Waals surface area contributed by atoms with Gasteiger partial charge in [0.05, 0.1) is 36.3 Å². The lowest BCUT2D eigenvalue weighted by atomic mass is 9.79. The maximum Gasteiger partial charge on any atom is 0.404 e. The lowest BCUT2D eigenvalue weighted by Gasteiger charge is -2.36. The molecule has 0 saturated heterocycles. The van der Waals surface area contributed by atoms with Crippen LogP contribution in [0.1, 0.15) is 45.1 Å². The van der Waals surface area contributed by atoms with Crippen LogP contribution in [-0.4, -0.2) is 50.0 Å². The van der Waals surface area contributed by atoms with Crippen molar-refractivity contribution in [2.45, 2.75) is 69.0 Å². The molecular weight excluding hydrogens is 482 g/mol. The van der Waals surface area contributed by atoms with Gasteiger partial charge >= 0.3 is 6.09 Å². The van der Waals surface area contributed by atoms with Gasteiger partial charge in [0.1, 0.15) is 5.75 Å². The molecule has 0 radical (unpaired) electrons. The molecule has 0 aliphatic carbocycles. The number of aliphatic hydroxyl groups is 1. The van der Waals surface area contributed by atoms with Crippen molar-refractivity contribution in [3.05, 3.63) is 60.2 Å². The summed E-state index contributed by atoms with van der Waals surface area (Å²) in [6.45, 7) is 3.87. The molecule has 4 N–H and O–H groups in total. The van der Waals surface area contributed by atoms with E-state index in [1.165, 1.54) is 31.4 Å². The Hall–Kier alpha value is -3.13. The molecule has 9 nitrogen and oxygen atoms in total. The van der Waals surface area contributed by atoms with Crippen molar-refractivity contribution in [3.8, 4) is 11.8 Å². The molecule has 10 heteroatoms. The first-order valence-corrected chi connectivity index (χ1v) is 13.2. The van der Waals surface area contributed by atoms with Crippen LogP contribution in [0.15, 0.2) is 59.5 Å². The molecule has 36 heavy (non-hydrogen) atoms. The van der Waals surface area contributed by atoms with Gasteiger partial charge in [-0.05, 0) is 60.9 Å². The Kier molecular flexibility index (Phi) is 10.7. The topological polar surface area (TPSA) is 149 Å². The summed E-state index contributed by atoms with van der Waals surface area (Å²) in [5, 5.41) is 32.1.